The molecule has 38 valence electrons. The Hall–Kier alpha value is -0.260. The lowest BCUT2D eigenvalue weighted by atomic mass is 10.1. The third-order valence-corrected chi connectivity index (χ3v) is 2.90. The van der Waals surface area contributed by atoms with Crippen molar-refractivity contribution in [2.24, 2.45) is 11.3 Å². The number of rotatable bonds is 0. The van der Waals surface area contributed by atoms with Crippen LogP contribution >= 0.6 is 0 Å². The second kappa shape index (κ2) is 0.594. The zero-order valence-electron chi connectivity index (χ0n) is 5.08. The van der Waals surface area contributed by atoms with Gasteiger partial charge in [0.05, 0.1) is 0 Å². The normalized spacial score (nSPS) is 54.4. The first-order chi connectivity index (χ1) is 3.19. The molecule has 1 saturated carbocycles. The Morgan fingerprint density at radius 1 is 1.57 bits per heavy atom. The topological polar surface area (TPSA) is 0 Å². The summed E-state index contributed by atoms with van der Waals surface area (Å²) in [6, 6.07) is 0. The van der Waals surface area contributed by atoms with Crippen LogP contribution in [0.2, 0.25) is 0 Å². The minimum absolute atomic E-state index is 0.667. The molecule has 2 aliphatic carbocycles. The van der Waals surface area contributed by atoms with Crippen molar-refractivity contribution in [1.82, 2.24) is 0 Å². The van der Waals surface area contributed by atoms with E-state index in [0.717, 1.165) is 5.92 Å². The molecule has 0 aromatic rings. The highest BCUT2D eigenvalue weighted by molar-refractivity contribution is 5.65. The van der Waals surface area contributed by atoms with E-state index in [9.17, 15) is 0 Å². The van der Waals surface area contributed by atoms with E-state index < -0.39 is 0 Å². The third-order valence-electron chi connectivity index (χ3n) is 2.90. The predicted molar refractivity (Wildman–Crippen MR) is 30.0 cm³/mol. The van der Waals surface area contributed by atoms with Gasteiger partial charge in [0, 0.05) is 5.41 Å². The average Bonchev–Trinajstić information content (AvgIpc) is 2.31. The molecule has 0 heteroatoms. The standard InChI is InChI=1S/C7H10/c1-4-6-5(2)7(4,6)3/h4H,1-3H3. The highest BCUT2D eigenvalue weighted by Gasteiger charge is 2.68. The van der Waals surface area contributed by atoms with Crippen LogP contribution in [0.1, 0.15) is 20.8 Å². The number of allylic oxidation sites excluding steroid dienone is 2. The molecule has 7 heavy (non-hydrogen) atoms. The van der Waals surface area contributed by atoms with Crippen molar-refractivity contribution in [1.29, 1.82) is 0 Å². The van der Waals surface area contributed by atoms with Crippen LogP contribution < -0.4 is 0 Å². The van der Waals surface area contributed by atoms with Crippen LogP contribution in [0.25, 0.3) is 0 Å². The third kappa shape index (κ3) is 0.170. The van der Waals surface area contributed by atoms with Gasteiger partial charge in [0.1, 0.15) is 0 Å². The quantitative estimate of drug-likeness (QED) is 0.402. The molecule has 2 atom stereocenters. The van der Waals surface area contributed by atoms with E-state index >= 15 is 0 Å². The molecule has 0 amide bonds. The van der Waals surface area contributed by atoms with Crippen molar-refractivity contribution < 1.29 is 0 Å². The van der Waals surface area contributed by atoms with Gasteiger partial charge in [0.25, 0.3) is 0 Å². The zero-order valence-corrected chi connectivity index (χ0v) is 5.08. The summed E-state index contributed by atoms with van der Waals surface area (Å²) in [4.78, 5) is 0. The fourth-order valence-corrected chi connectivity index (χ4v) is 1.78. The lowest BCUT2D eigenvalue weighted by Gasteiger charge is -1.97. The molecule has 0 saturated heterocycles. The zero-order chi connectivity index (χ0) is 5.23. The van der Waals surface area contributed by atoms with Gasteiger partial charge in [0.2, 0.25) is 0 Å². The highest BCUT2D eigenvalue weighted by Crippen LogP contribution is 2.77. The first-order valence-corrected chi connectivity index (χ1v) is 2.90. The molecule has 0 nitrogen and oxygen atoms in total. The van der Waals surface area contributed by atoms with Gasteiger partial charge >= 0.3 is 0 Å². The Balaban J connectivity index is 2.36. The summed E-state index contributed by atoms with van der Waals surface area (Å²) < 4.78 is 0. The molecule has 0 radical (unpaired) electrons. The fourth-order valence-electron chi connectivity index (χ4n) is 1.78. The Labute approximate surface area is 44.2 Å². The maximum atomic E-state index is 2.34. The van der Waals surface area contributed by atoms with Crippen LogP contribution in [-0.2, 0) is 0 Å². The van der Waals surface area contributed by atoms with Crippen LogP contribution in [0.3, 0.4) is 0 Å². The van der Waals surface area contributed by atoms with E-state index in [0.29, 0.717) is 5.41 Å². The summed E-state index contributed by atoms with van der Waals surface area (Å²) in [5.41, 5.74) is 4.08. The van der Waals surface area contributed by atoms with Crippen LogP contribution in [0.4, 0.5) is 0 Å². The molecule has 0 aromatic heterocycles. The molecule has 2 aliphatic rings. The molecule has 0 aliphatic heterocycles. The first-order valence-electron chi connectivity index (χ1n) is 2.90. The van der Waals surface area contributed by atoms with Crippen LogP contribution in [0.15, 0.2) is 11.1 Å². The van der Waals surface area contributed by atoms with Gasteiger partial charge in [-0.3, -0.25) is 0 Å². The summed E-state index contributed by atoms with van der Waals surface area (Å²) in [6.07, 6.45) is 0. The monoisotopic (exact) mass is 94.1 g/mol. The van der Waals surface area contributed by atoms with Crippen molar-refractivity contribution in [3.8, 4) is 0 Å². The lowest BCUT2D eigenvalue weighted by molar-refractivity contribution is 0.652. The van der Waals surface area contributed by atoms with E-state index in [-0.39, 0.29) is 0 Å². The molecule has 0 bridgehead atoms. The van der Waals surface area contributed by atoms with Crippen molar-refractivity contribution in [3.05, 3.63) is 11.1 Å². The summed E-state index contributed by atoms with van der Waals surface area (Å²) >= 11 is 0. The second-order valence-electron chi connectivity index (χ2n) is 2.96. The van der Waals surface area contributed by atoms with E-state index in [2.05, 4.69) is 20.8 Å². The Kier molecular flexibility index (Phi) is 0.314. The summed E-state index contributed by atoms with van der Waals surface area (Å²) in [5.74, 6) is 0.951. The summed E-state index contributed by atoms with van der Waals surface area (Å²) in [6.45, 7) is 6.89. The summed E-state index contributed by atoms with van der Waals surface area (Å²) in [5, 5.41) is 0. The maximum Gasteiger partial charge on any atom is 0.0162 e. The minimum Gasteiger partial charge on any atom is -0.0623 e. The smallest absolute Gasteiger partial charge is 0.0162 e. The van der Waals surface area contributed by atoms with Crippen LogP contribution in [-0.4, -0.2) is 0 Å². The van der Waals surface area contributed by atoms with Crippen molar-refractivity contribution >= 4 is 0 Å². The van der Waals surface area contributed by atoms with Gasteiger partial charge in [-0.25, -0.2) is 0 Å². The second-order valence-corrected chi connectivity index (χ2v) is 2.96. The van der Waals surface area contributed by atoms with Crippen molar-refractivity contribution in [2.45, 2.75) is 20.8 Å². The number of fused-ring (bicyclic) bond motifs is 1. The van der Waals surface area contributed by atoms with E-state index in [1.54, 1.807) is 11.1 Å². The molecule has 0 N–H and O–H groups in total. The van der Waals surface area contributed by atoms with E-state index in [1.807, 2.05) is 0 Å². The molecular weight excluding hydrogens is 84.1 g/mol. The SMILES string of the molecule is CC1=C2C(C)C12C. The van der Waals surface area contributed by atoms with Gasteiger partial charge in [-0.2, -0.15) is 0 Å². The van der Waals surface area contributed by atoms with Gasteiger partial charge in [-0.15, -0.1) is 0 Å². The molecule has 0 aromatic carbocycles. The molecular formula is C7H10. The van der Waals surface area contributed by atoms with Gasteiger partial charge in [0.15, 0.2) is 0 Å². The molecule has 2 rings (SSSR count). The minimum atomic E-state index is 0.667. The number of hydrogen-bond donors (Lipinski definition) is 0. The first kappa shape index (κ1) is 3.71. The number of hydrogen-bond acceptors (Lipinski definition) is 0. The van der Waals surface area contributed by atoms with E-state index in [1.165, 1.54) is 0 Å². The van der Waals surface area contributed by atoms with Crippen LogP contribution in [0, 0.1) is 11.3 Å². The largest absolute Gasteiger partial charge is 0.0623 e. The van der Waals surface area contributed by atoms with Gasteiger partial charge in [-0.05, 0) is 12.8 Å². The highest BCUT2D eigenvalue weighted by atomic mass is 14.7. The Morgan fingerprint density at radius 3 is 2.00 bits per heavy atom. The fraction of sp³-hybridized carbons (Fsp3) is 0.714. The lowest BCUT2D eigenvalue weighted by Crippen LogP contribution is -1.89. The molecule has 2 unspecified atom stereocenters. The van der Waals surface area contributed by atoms with Gasteiger partial charge < -0.3 is 0 Å². The predicted octanol–water partition coefficient (Wildman–Crippen LogP) is 1.97. The molecule has 1 fully saturated rings. The Bertz CT molecular complexity index is 165. The Morgan fingerprint density at radius 2 is 2.00 bits per heavy atom. The van der Waals surface area contributed by atoms with Crippen molar-refractivity contribution in [2.75, 3.05) is 0 Å². The average molecular weight is 94.2 g/mol. The summed E-state index contributed by atoms with van der Waals surface area (Å²) in [7, 11) is 0. The molecule has 0 heterocycles. The maximum absolute atomic E-state index is 2.34. The van der Waals surface area contributed by atoms with E-state index in [4.69, 9.17) is 0 Å². The van der Waals surface area contributed by atoms with Crippen LogP contribution in [0.5, 0.6) is 0 Å². The van der Waals surface area contributed by atoms with Gasteiger partial charge in [-0.1, -0.05) is 25.0 Å². The molecule has 0 spiro atoms. The van der Waals surface area contributed by atoms with Crippen molar-refractivity contribution in [3.63, 3.8) is 0 Å².